The number of hydrogen-bond acceptors (Lipinski definition) is 6. The van der Waals surface area contributed by atoms with Crippen molar-refractivity contribution in [2.75, 3.05) is 26.4 Å². The fourth-order valence-electron chi connectivity index (χ4n) is 3.12. The first-order valence-corrected chi connectivity index (χ1v) is 10.4. The van der Waals surface area contributed by atoms with Crippen LogP contribution in [0.2, 0.25) is 0 Å². The number of cyclic esters (lactones) is 1. The molecule has 0 saturated carbocycles. The molecule has 3 N–H and O–H groups in total. The molecule has 154 valence electrons. The minimum absolute atomic E-state index is 0.0721. The molecule has 0 atom stereocenters. The van der Waals surface area contributed by atoms with Gasteiger partial charge in [0.05, 0.1) is 13.3 Å². The van der Waals surface area contributed by atoms with Crippen LogP contribution in [0.15, 0.2) is 11.6 Å². The van der Waals surface area contributed by atoms with E-state index in [-0.39, 0.29) is 37.4 Å². The summed E-state index contributed by atoms with van der Waals surface area (Å²) in [5, 5.41) is 10.6. The molecule has 0 spiro atoms. The molecule has 0 unspecified atom stereocenters. The van der Waals surface area contributed by atoms with E-state index in [0.29, 0.717) is 23.3 Å². The number of hydrogen-bond donors (Lipinski definition) is 3. The molecule has 0 bridgehead atoms. The molecule has 2 rings (SSSR count). The fraction of sp³-hybridized carbons (Fsp3) is 0.444. The molecule has 1 aliphatic rings. The van der Waals surface area contributed by atoms with Gasteiger partial charge in [0, 0.05) is 24.2 Å². The summed E-state index contributed by atoms with van der Waals surface area (Å²) in [5.41, 5.74) is 2.66. The lowest BCUT2D eigenvalue weighted by molar-refractivity contribution is -0.117. The monoisotopic (exact) mass is 413 g/mol. The van der Waals surface area contributed by atoms with Gasteiger partial charge in [0.2, 0.25) is 6.41 Å². The Morgan fingerprint density at radius 3 is 2.64 bits per heavy atom. The van der Waals surface area contributed by atoms with Gasteiger partial charge in [-0.15, -0.1) is 0 Å². The van der Waals surface area contributed by atoms with Gasteiger partial charge in [-0.25, -0.2) is 4.79 Å². The van der Waals surface area contributed by atoms with Gasteiger partial charge in [-0.1, -0.05) is 11.6 Å². The van der Waals surface area contributed by atoms with Crippen LogP contribution in [0.4, 0.5) is 0 Å². The van der Waals surface area contributed by atoms with Crippen molar-refractivity contribution in [3.63, 3.8) is 0 Å². The fourth-order valence-corrected chi connectivity index (χ4v) is 3.63. The van der Waals surface area contributed by atoms with Crippen LogP contribution in [0.1, 0.15) is 34.0 Å². The van der Waals surface area contributed by atoms with Crippen molar-refractivity contribution in [3.8, 4) is 11.5 Å². The molecule has 1 aromatic carbocycles. The van der Waals surface area contributed by atoms with E-state index in [1.807, 2.05) is 0 Å². The molecule has 1 aromatic rings. The van der Waals surface area contributed by atoms with Gasteiger partial charge in [0.25, 0.3) is 0 Å². The first kappa shape index (κ1) is 21.9. The topological polar surface area (TPSA) is 134 Å². The molecule has 0 fully saturated rings. The van der Waals surface area contributed by atoms with E-state index in [1.165, 1.54) is 12.0 Å². The summed E-state index contributed by atoms with van der Waals surface area (Å²) in [6.45, 7) is 3.74. The molecule has 28 heavy (non-hydrogen) atoms. The molecule has 1 aliphatic heterocycles. The van der Waals surface area contributed by atoms with Crippen LogP contribution in [-0.4, -0.2) is 58.5 Å². The van der Waals surface area contributed by atoms with Crippen LogP contribution in [0.5, 0.6) is 11.5 Å². The predicted molar refractivity (Wildman–Crippen MR) is 101 cm³/mol. The number of phenolic OH excluding ortho intramolecular Hbond substituents is 1. The number of carbonyl (C=O) groups is 2. The van der Waals surface area contributed by atoms with Gasteiger partial charge < -0.3 is 29.3 Å². The first-order chi connectivity index (χ1) is 13.1. The van der Waals surface area contributed by atoms with Crippen LogP contribution in [0.25, 0.3) is 0 Å². The van der Waals surface area contributed by atoms with E-state index in [9.17, 15) is 19.3 Å². The van der Waals surface area contributed by atoms with E-state index in [2.05, 4.69) is 0 Å². The third-order valence-electron chi connectivity index (χ3n) is 4.58. The van der Waals surface area contributed by atoms with Crippen LogP contribution < -0.4 is 4.74 Å². The summed E-state index contributed by atoms with van der Waals surface area (Å²) in [7, 11) is -2.72. The van der Waals surface area contributed by atoms with E-state index in [4.69, 9.17) is 19.3 Å². The number of methoxy groups -OCH3 is 1. The Kier molecular flexibility index (Phi) is 6.87. The smallest absolute Gasteiger partial charge is 0.342 e. The highest BCUT2D eigenvalue weighted by molar-refractivity contribution is 7.51. The maximum Gasteiger partial charge on any atom is 0.342 e. The zero-order chi connectivity index (χ0) is 21.1. The number of carbonyl (C=O) groups excluding carboxylic acids is 2. The lowest BCUT2D eigenvalue weighted by Crippen LogP contribution is -2.27. The maximum atomic E-state index is 11.9. The third-order valence-corrected chi connectivity index (χ3v) is 5.36. The number of esters is 1. The Labute approximate surface area is 162 Å². The molecule has 9 nitrogen and oxygen atoms in total. The Morgan fingerprint density at radius 2 is 2.07 bits per heavy atom. The second-order valence-electron chi connectivity index (χ2n) is 6.63. The number of benzene rings is 1. The van der Waals surface area contributed by atoms with E-state index >= 15 is 0 Å². The van der Waals surface area contributed by atoms with Crippen molar-refractivity contribution in [1.82, 2.24) is 4.90 Å². The van der Waals surface area contributed by atoms with Crippen LogP contribution >= 0.6 is 7.60 Å². The largest absolute Gasteiger partial charge is 0.507 e. The Bertz CT molecular complexity index is 858. The predicted octanol–water partition coefficient (Wildman–Crippen LogP) is 1.50. The highest BCUT2D eigenvalue weighted by Crippen LogP contribution is 2.42. The molecule has 0 aromatic heterocycles. The van der Waals surface area contributed by atoms with E-state index in [1.54, 1.807) is 19.9 Å². The maximum absolute atomic E-state index is 11.9. The average Bonchev–Trinajstić information content (AvgIpc) is 3.01. The van der Waals surface area contributed by atoms with Gasteiger partial charge in [-0.3, -0.25) is 9.36 Å². The van der Waals surface area contributed by atoms with Gasteiger partial charge in [-0.05, 0) is 25.8 Å². The molecule has 10 heteroatoms. The highest BCUT2D eigenvalue weighted by atomic mass is 31.2. The third kappa shape index (κ3) is 4.92. The van der Waals surface area contributed by atoms with Crippen molar-refractivity contribution >= 4 is 20.0 Å². The summed E-state index contributed by atoms with van der Waals surface area (Å²) in [4.78, 5) is 42.2. The van der Waals surface area contributed by atoms with Crippen molar-refractivity contribution < 1.29 is 38.5 Å². The van der Waals surface area contributed by atoms with Crippen LogP contribution in [-0.2, 0) is 27.1 Å². The number of rotatable bonds is 9. The molecule has 0 saturated heterocycles. The summed E-state index contributed by atoms with van der Waals surface area (Å²) in [5.74, 6) is -0.296. The quantitative estimate of drug-likeness (QED) is 0.240. The number of amides is 1. The van der Waals surface area contributed by atoms with Crippen molar-refractivity contribution in [2.45, 2.75) is 26.9 Å². The Balaban J connectivity index is 2.22. The zero-order valence-corrected chi connectivity index (χ0v) is 16.9. The molecule has 1 heterocycles. The minimum Gasteiger partial charge on any atom is -0.507 e. The highest BCUT2D eigenvalue weighted by Gasteiger charge is 2.31. The van der Waals surface area contributed by atoms with E-state index < -0.39 is 19.7 Å². The first-order valence-electron chi connectivity index (χ1n) is 8.57. The van der Waals surface area contributed by atoms with Crippen molar-refractivity contribution in [3.05, 3.63) is 33.9 Å². The van der Waals surface area contributed by atoms with Crippen LogP contribution in [0, 0.1) is 6.92 Å². The minimum atomic E-state index is -4.19. The van der Waals surface area contributed by atoms with Gasteiger partial charge in [-0.2, -0.15) is 0 Å². The van der Waals surface area contributed by atoms with Gasteiger partial charge in [0.15, 0.2) is 0 Å². The number of ether oxygens (including phenoxy) is 2. The number of nitrogens with zero attached hydrogens (tertiary/aromatic N) is 1. The summed E-state index contributed by atoms with van der Waals surface area (Å²) < 4.78 is 21.4. The number of phenols is 1. The molecule has 0 aliphatic carbocycles. The molecular weight excluding hydrogens is 389 g/mol. The Morgan fingerprint density at radius 1 is 1.39 bits per heavy atom. The molecular formula is C18H24NO8P. The average molecular weight is 413 g/mol. The lowest BCUT2D eigenvalue weighted by atomic mass is 9.95. The second-order valence-corrected chi connectivity index (χ2v) is 8.41. The second kappa shape index (κ2) is 8.77. The van der Waals surface area contributed by atoms with Gasteiger partial charge >= 0.3 is 13.6 Å². The number of fused-ring (bicyclic) bond motifs is 1. The molecule has 0 radical (unpaired) electrons. The summed E-state index contributed by atoms with van der Waals surface area (Å²) in [6, 6.07) is 0. The summed E-state index contributed by atoms with van der Waals surface area (Å²) in [6.07, 6.45) is 2.12. The number of allylic oxidation sites excluding steroid dienone is 1. The number of aromatic hydroxyl groups is 1. The van der Waals surface area contributed by atoms with Crippen LogP contribution in [0.3, 0.4) is 0 Å². The van der Waals surface area contributed by atoms with Crippen molar-refractivity contribution in [2.24, 2.45) is 0 Å². The lowest BCUT2D eigenvalue weighted by Gasteiger charge is -2.19. The normalized spacial score (nSPS) is 13.9. The SMILES string of the molecule is COc1c(C)c2c(c(O)c1C/C=C(\C)CN(C=O)CCP(=O)(O)O)C(=O)OC2. The standard InChI is InChI=1S/C18H24NO8P/c1-11(8-19(10-20)6-7-28(23,24)25)4-5-13-16(21)15-14(9-27-18(15)22)12(2)17(13)26-3/h4,10,21H,5-9H2,1-3H3,(H2,23,24,25)/b11-4+. The van der Waals surface area contributed by atoms with E-state index in [0.717, 1.165) is 11.1 Å². The van der Waals surface area contributed by atoms with Crippen molar-refractivity contribution in [1.29, 1.82) is 0 Å². The zero-order valence-electron chi connectivity index (χ0n) is 16.0. The Hall–Kier alpha value is -2.35. The van der Waals surface area contributed by atoms with Gasteiger partial charge in [0.1, 0.15) is 23.7 Å². The molecule has 1 amide bonds. The summed E-state index contributed by atoms with van der Waals surface area (Å²) >= 11 is 0.